The largest absolute Gasteiger partial charge is 0.495 e. The Kier molecular flexibility index (Phi) is 5.46. The Balaban J connectivity index is 2.59. The number of sulfonamides is 1. The molecular formula is C15H14Cl2N2O5S. The van der Waals surface area contributed by atoms with E-state index in [1.165, 1.54) is 44.5 Å². The van der Waals surface area contributed by atoms with Gasteiger partial charge in [0.15, 0.2) is 0 Å². The maximum atomic E-state index is 12.9. The zero-order valence-electron chi connectivity index (χ0n) is 13.5. The maximum Gasteiger partial charge on any atom is 0.271 e. The fourth-order valence-corrected chi connectivity index (χ4v) is 4.26. The van der Waals surface area contributed by atoms with Gasteiger partial charge in [0.25, 0.3) is 15.7 Å². The number of aryl methyl sites for hydroxylation is 1. The van der Waals surface area contributed by atoms with E-state index in [4.69, 9.17) is 27.9 Å². The van der Waals surface area contributed by atoms with Gasteiger partial charge in [-0.25, -0.2) is 8.42 Å². The zero-order valence-corrected chi connectivity index (χ0v) is 15.8. The number of rotatable bonds is 5. The van der Waals surface area contributed by atoms with Crippen molar-refractivity contribution in [3.8, 4) is 5.75 Å². The summed E-state index contributed by atoms with van der Waals surface area (Å²) in [7, 11) is -1.43. The van der Waals surface area contributed by atoms with E-state index in [1.807, 2.05) is 0 Å². The van der Waals surface area contributed by atoms with Gasteiger partial charge in [-0.3, -0.25) is 14.4 Å². The summed E-state index contributed by atoms with van der Waals surface area (Å²) in [6, 6.07) is 6.62. The summed E-state index contributed by atoms with van der Waals surface area (Å²) < 4.78 is 31.8. The van der Waals surface area contributed by atoms with Gasteiger partial charge in [0.1, 0.15) is 15.7 Å². The molecule has 0 fully saturated rings. The molecule has 0 aliphatic heterocycles. The fraction of sp³-hybridized carbons (Fsp3) is 0.200. The van der Waals surface area contributed by atoms with Crippen molar-refractivity contribution in [2.24, 2.45) is 0 Å². The molecule has 0 atom stereocenters. The van der Waals surface area contributed by atoms with Crippen LogP contribution in [-0.4, -0.2) is 27.5 Å². The number of methoxy groups -OCH3 is 1. The molecule has 0 saturated carbocycles. The highest BCUT2D eigenvalue weighted by molar-refractivity contribution is 7.93. The predicted molar refractivity (Wildman–Crippen MR) is 96.4 cm³/mol. The first-order chi connectivity index (χ1) is 11.6. The van der Waals surface area contributed by atoms with Crippen LogP contribution in [0.25, 0.3) is 0 Å². The quantitative estimate of drug-likeness (QED) is 0.553. The van der Waals surface area contributed by atoms with E-state index in [0.29, 0.717) is 5.56 Å². The summed E-state index contributed by atoms with van der Waals surface area (Å²) >= 11 is 12.1. The van der Waals surface area contributed by atoms with Gasteiger partial charge < -0.3 is 4.74 Å². The molecule has 0 unspecified atom stereocenters. The van der Waals surface area contributed by atoms with E-state index in [0.717, 1.165) is 4.31 Å². The molecule has 0 bridgehead atoms. The number of hydrogen-bond acceptors (Lipinski definition) is 5. The molecule has 0 aliphatic rings. The standard InChI is InChI=1S/C15H14Cl2N2O5S/c1-9-4-5-10(19(20)21)8-11(9)18(2)25(22,23)13-7-6-12(24-3)14(16)15(13)17/h4-8H,1-3H3. The molecule has 2 aromatic rings. The molecular weight excluding hydrogens is 391 g/mol. The molecule has 134 valence electrons. The number of nitrogens with zero attached hydrogens (tertiary/aromatic N) is 2. The topological polar surface area (TPSA) is 89.8 Å². The number of nitro benzene ring substituents is 1. The summed E-state index contributed by atoms with van der Waals surface area (Å²) in [5, 5.41) is 10.7. The van der Waals surface area contributed by atoms with Crippen molar-refractivity contribution < 1.29 is 18.1 Å². The molecule has 0 radical (unpaired) electrons. The third-order valence-corrected chi connectivity index (χ3v) is 6.40. The van der Waals surface area contributed by atoms with Crippen molar-refractivity contribution in [3.05, 3.63) is 56.1 Å². The van der Waals surface area contributed by atoms with E-state index in [2.05, 4.69) is 0 Å². The van der Waals surface area contributed by atoms with E-state index in [-0.39, 0.29) is 32.1 Å². The highest BCUT2D eigenvalue weighted by Crippen LogP contribution is 2.39. The molecule has 0 aliphatic carbocycles. The van der Waals surface area contributed by atoms with Crippen LogP contribution in [0.5, 0.6) is 5.75 Å². The number of hydrogen-bond donors (Lipinski definition) is 0. The lowest BCUT2D eigenvalue weighted by molar-refractivity contribution is -0.384. The molecule has 7 nitrogen and oxygen atoms in total. The Hall–Kier alpha value is -2.03. The van der Waals surface area contributed by atoms with Crippen LogP contribution in [0.4, 0.5) is 11.4 Å². The first-order valence-electron chi connectivity index (χ1n) is 6.87. The SMILES string of the molecule is COc1ccc(S(=O)(=O)N(C)c2cc([N+](=O)[O-])ccc2C)c(Cl)c1Cl. The molecule has 10 heteroatoms. The van der Waals surface area contributed by atoms with Crippen molar-refractivity contribution in [1.29, 1.82) is 0 Å². The number of benzene rings is 2. The first kappa shape index (κ1) is 19.3. The van der Waals surface area contributed by atoms with Crippen LogP contribution >= 0.6 is 23.2 Å². The first-order valence-corrected chi connectivity index (χ1v) is 9.06. The van der Waals surface area contributed by atoms with E-state index in [9.17, 15) is 18.5 Å². The van der Waals surface area contributed by atoms with Crippen LogP contribution in [0.1, 0.15) is 5.56 Å². The normalized spacial score (nSPS) is 11.2. The zero-order chi connectivity index (χ0) is 18.9. The highest BCUT2D eigenvalue weighted by Gasteiger charge is 2.28. The smallest absolute Gasteiger partial charge is 0.271 e. The fourth-order valence-electron chi connectivity index (χ4n) is 2.20. The predicted octanol–water partition coefficient (Wildman–Crippen LogP) is 4.04. The Morgan fingerprint density at radius 3 is 2.36 bits per heavy atom. The van der Waals surface area contributed by atoms with Crippen LogP contribution in [0.3, 0.4) is 0 Å². The number of ether oxygens (including phenoxy) is 1. The lowest BCUT2D eigenvalue weighted by atomic mass is 10.2. The third kappa shape index (κ3) is 3.51. The molecule has 2 aromatic carbocycles. The summed E-state index contributed by atoms with van der Waals surface area (Å²) in [5.41, 5.74) is 0.492. The van der Waals surface area contributed by atoms with Crippen molar-refractivity contribution in [2.75, 3.05) is 18.5 Å². The Morgan fingerprint density at radius 1 is 1.16 bits per heavy atom. The molecule has 25 heavy (non-hydrogen) atoms. The Morgan fingerprint density at radius 2 is 1.80 bits per heavy atom. The average molecular weight is 405 g/mol. The third-order valence-electron chi connectivity index (χ3n) is 3.61. The second-order valence-corrected chi connectivity index (χ2v) is 7.79. The summed E-state index contributed by atoms with van der Waals surface area (Å²) in [5.74, 6) is 0.236. The average Bonchev–Trinajstić information content (AvgIpc) is 2.56. The van der Waals surface area contributed by atoms with Crippen LogP contribution in [0.15, 0.2) is 35.2 Å². The van der Waals surface area contributed by atoms with Crippen molar-refractivity contribution >= 4 is 44.6 Å². The molecule has 0 spiro atoms. The lowest BCUT2D eigenvalue weighted by Crippen LogP contribution is -2.27. The molecule has 0 heterocycles. The van der Waals surface area contributed by atoms with Gasteiger partial charge in [0, 0.05) is 19.2 Å². The van der Waals surface area contributed by atoms with Gasteiger partial charge in [-0.2, -0.15) is 0 Å². The number of halogens is 2. The van der Waals surface area contributed by atoms with Crippen molar-refractivity contribution in [1.82, 2.24) is 0 Å². The van der Waals surface area contributed by atoms with Crippen molar-refractivity contribution in [2.45, 2.75) is 11.8 Å². The summed E-state index contributed by atoms with van der Waals surface area (Å²) in [4.78, 5) is 10.1. The molecule has 0 N–H and O–H groups in total. The van der Waals surface area contributed by atoms with Gasteiger partial charge in [-0.15, -0.1) is 0 Å². The van der Waals surface area contributed by atoms with Gasteiger partial charge in [0.2, 0.25) is 0 Å². The molecule has 0 saturated heterocycles. The van der Waals surface area contributed by atoms with E-state index >= 15 is 0 Å². The molecule has 0 aromatic heterocycles. The van der Waals surface area contributed by atoms with Gasteiger partial charge in [-0.1, -0.05) is 29.3 Å². The lowest BCUT2D eigenvalue weighted by Gasteiger charge is -2.22. The highest BCUT2D eigenvalue weighted by atomic mass is 35.5. The Bertz CT molecular complexity index is 947. The van der Waals surface area contributed by atoms with E-state index in [1.54, 1.807) is 6.92 Å². The van der Waals surface area contributed by atoms with Crippen LogP contribution in [0.2, 0.25) is 10.0 Å². The van der Waals surface area contributed by atoms with Crippen LogP contribution < -0.4 is 9.04 Å². The maximum absolute atomic E-state index is 12.9. The second-order valence-electron chi connectivity index (χ2n) is 5.09. The van der Waals surface area contributed by atoms with E-state index < -0.39 is 14.9 Å². The number of non-ortho nitro benzene ring substituents is 1. The molecule has 0 amide bonds. The van der Waals surface area contributed by atoms with Gasteiger partial charge in [-0.05, 0) is 24.6 Å². The second kappa shape index (κ2) is 7.07. The Labute approximate surface area is 154 Å². The molecule has 2 rings (SSSR count). The minimum absolute atomic E-state index is 0.0330. The van der Waals surface area contributed by atoms with Crippen molar-refractivity contribution in [3.63, 3.8) is 0 Å². The summed E-state index contributed by atoms with van der Waals surface area (Å²) in [6.45, 7) is 1.65. The minimum atomic E-state index is -4.10. The van der Waals surface area contributed by atoms with Gasteiger partial charge >= 0.3 is 0 Å². The number of anilines is 1. The minimum Gasteiger partial charge on any atom is -0.495 e. The summed E-state index contributed by atoms with van der Waals surface area (Å²) in [6.07, 6.45) is 0. The van der Waals surface area contributed by atoms with Gasteiger partial charge in [0.05, 0.1) is 22.7 Å². The number of nitro groups is 1. The monoisotopic (exact) mass is 404 g/mol. The van der Waals surface area contributed by atoms with Crippen LogP contribution in [-0.2, 0) is 10.0 Å². The van der Waals surface area contributed by atoms with Crippen LogP contribution in [0, 0.1) is 17.0 Å².